The summed E-state index contributed by atoms with van der Waals surface area (Å²) in [6, 6.07) is 1.70. The molecular weight excluding hydrogens is 249 g/mol. The average molecular weight is 259 g/mol. The molecule has 0 aliphatic carbocycles. The lowest BCUT2D eigenvalue weighted by Crippen LogP contribution is -2.12. The molecule has 0 aromatic carbocycles. The zero-order chi connectivity index (χ0) is 7.56. The van der Waals surface area contributed by atoms with Gasteiger partial charge in [-0.05, 0) is 22.0 Å². The summed E-state index contributed by atoms with van der Waals surface area (Å²) in [6.07, 6.45) is 0. The molecule has 11 heavy (non-hydrogen) atoms. The molecule has 1 unspecified atom stereocenters. The lowest BCUT2D eigenvalue weighted by atomic mass is 10.3. The molecule has 0 bridgehead atoms. The molecule has 64 valence electrons. The number of thiophene rings is 1. The van der Waals surface area contributed by atoms with Crippen LogP contribution in [0.25, 0.3) is 0 Å². The fraction of sp³-hybridized carbons (Fsp3) is 0.333. The van der Waals surface area contributed by atoms with E-state index < -0.39 is 0 Å². The fourth-order valence-corrected chi connectivity index (χ4v) is 2.05. The van der Waals surface area contributed by atoms with E-state index in [1.165, 1.54) is 0 Å². The molecule has 3 N–H and O–H groups in total. The predicted octanol–water partition coefficient (Wildman–Crippen LogP) is 1.92. The van der Waals surface area contributed by atoms with Crippen molar-refractivity contribution in [2.45, 2.75) is 6.04 Å². The molecule has 5 heteroatoms. The minimum Gasteiger partial charge on any atom is -0.394 e. The molecule has 1 aromatic rings. The van der Waals surface area contributed by atoms with Gasteiger partial charge in [0.1, 0.15) is 0 Å². The molecule has 0 radical (unpaired) electrons. The van der Waals surface area contributed by atoms with Crippen molar-refractivity contribution in [1.29, 1.82) is 0 Å². The van der Waals surface area contributed by atoms with Gasteiger partial charge in [-0.2, -0.15) is 0 Å². The first-order chi connectivity index (χ1) is 4.74. The van der Waals surface area contributed by atoms with Crippen LogP contribution in [0.3, 0.4) is 0 Å². The van der Waals surface area contributed by atoms with E-state index in [2.05, 4.69) is 15.9 Å². The van der Waals surface area contributed by atoms with Gasteiger partial charge in [0.15, 0.2) is 0 Å². The molecule has 0 amide bonds. The number of hydrogen-bond donors (Lipinski definition) is 2. The summed E-state index contributed by atoms with van der Waals surface area (Å²) in [5.74, 6) is 0. The summed E-state index contributed by atoms with van der Waals surface area (Å²) in [5.41, 5.74) is 5.55. The monoisotopic (exact) mass is 257 g/mol. The normalized spacial score (nSPS) is 12.3. The molecule has 0 fully saturated rings. The second kappa shape index (κ2) is 5.11. The first kappa shape index (κ1) is 11.4. The fourth-order valence-electron chi connectivity index (χ4n) is 0.613. The summed E-state index contributed by atoms with van der Waals surface area (Å²) < 4.78 is 1.02. The van der Waals surface area contributed by atoms with E-state index in [4.69, 9.17) is 10.8 Å². The second-order valence-corrected chi connectivity index (χ2v) is 3.81. The minimum atomic E-state index is -0.226. The van der Waals surface area contributed by atoms with Crippen molar-refractivity contribution in [3.8, 4) is 0 Å². The number of rotatable bonds is 2. The Hall–Kier alpha value is 0.390. The lowest BCUT2D eigenvalue weighted by Gasteiger charge is -2.02. The Morgan fingerprint density at radius 3 is 2.73 bits per heavy atom. The smallest absolute Gasteiger partial charge is 0.0632 e. The summed E-state index contributed by atoms with van der Waals surface area (Å²) >= 11 is 4.85. The quantitative estimate of drug-likeness (QED) is 0.851. The van der Waals surface area contributed by atoms with Crippen molar-refractivity contribution >= 4 is 39.7 Å². The van der Waals surface area contributed by atoms with Gasteiger partial charge in [0, 0.05) is 14.7 Å². The van der Waals surface area contributed by atoms with Gasteiger partial charge in [-0.1, -0.05) is 0 Å². The van der Waals surface area contributed by atoms with Gasteiger partial charge < -0.3 is 10.8 Å². The van der Waals surface area contributed by atoms with Crippen molar-refractivity contribution in [3.05, 3.63) is 20.8 Å². The maximum absolute atomic E-state index is 8.66. The predicted molar refractivity (Wildman–Crippen MR) is 53.3 cm³/mol. The Bertz CT molecular complexity index is 218. The third-order valence-corrected chi connectivity index (χ3v) is 2.98. The first-order valence-corrected chi connectivity index (χ1v) is 4.51. The second-order valence-electron chi connectivity index (χ2n) is 1.96. The largest absolute Gasteiger partial charge is 0.394 e. The number of hydrogen-bond acceptors (Lipinski definition) is 3. The van der Waals surface area contributed by atoms with Crippen LogP contribution in [0.15, 0.2) is 15.9 Å². The van der Waals surface area contributed by atoms with E-state index in [-0.39, 0.29) is 25.1 Å². The molecule has 2 nitrogen and oxygen atoms in total. The minimum absolute atomic E-state index is 0. The van der Waals surface area contributed by atoms with Crippen LogP contribution in [-0.2, 0) is 0 Å². The van der Waals surface area contributed by atoms with Gasteiger partial charge in [-0.25, -0.2) is 0 Å². The summed E-state index contributed by atoms with van der Waals surface area (Å²) in [4.78, 5) is 1.01. The van der Waals surface area contributed by atoms with Crippen LogP contribution in [-0.4, -0.2) is 11.7 Å². The van der Waals surface area contributed by atoms with Crippen LogP contribution in [0.4, 0.5) is 0 Å². The van der Waals surface area contributed by atoms with E-state index in [1.54, 1.807) is 11.3 Å². The Morgan fingerprint density at radius 1 is 1.73 bits per heavy atom. The van der Waals surface area contributed by atoms with Crippen molar-refractivity contribution in [2.75, 3.05) is 6.61 Å². The van der Waals surface area contributed by atoms with E-state index in [0.717, 1.165) is 9.35 Å². The van der Waals surface area contributed by atoms with E-state index in [1.807, 2.05) is 11.4 Å². The number of aliphatic hydroxyl groups excluding tert-OH is 1. The van der Waals surface area contributed by atoms with E-state index in [0.29, 0.717) is 0 Å². The molecular formula is C6H9BrClNOS. The molecule has 0 spiro atoms. The Kier molecular flexibility index (Phi) is 5.29. The maximum atomic E-state index is 8.66. The van der Waals surface area contributed by atoms with Crippen LogP contribution in [0, 0.1) is 0 Å². The van der Waals surface area contributed by atoms with Crippen molar-refractivity contribution in [3.63, 3.8) is 0 Å². The molecule has 0 saturated heterocycles. The third kappa shape index (κ3) is 3.09. The molecule has 0 aliphatic rings. The van der Waals surface area contributed by atoms with E-state index >= 15 is 0 Å². The van der Waals surface area contributed by atoms with Crippen molar-refractivity contribution in [1.82, 2.24) is 0 Å². The highest BCUT2D eigenvalue weighted by Gasteiger charge is 2.05. The average Bonchev–Trinajstić information content (AvgIpc) is 2.34. The van der Waals surface area contributed by atoms with Crippen LogP contribution < -0.4 is 5.73 Å². The molecule has 1 rings (SSSR count). The molecule has 1 atom stereocenters. The van der Waals surface area contributed by atoms with Crippen LogP contribution in [0.2, 0.25) is 0 Å². The highest BCUT2D eigenvalue weighted by atomic mass is 79.9. The standard InChI is InChI=1S/C6H8BrNOS.ClH/c7-4-1-6(10-3-4)5(8)2-9;/h1,3,5,9H,2,8H2;1H. The highest BCUT2D eigenvalue weighted by molar-refractivity contribution is 9.10. The van der Waals surface area contributed by atoms with E-state index in [9.17, 15) is 0 Å². The maximum Gasteiger partial charge on any atom is 0.0632 e. The van der Waals surface area contributed by atoms with Crippen LogP contribution in [0.1, 0.15) is 10.9 Å². The topological polar surface area (TPSA) is 46.2 Å². The highest BCUT2D eigenvalue weighted by Crippen LogP contribution is 2.23. The van der Waals surface area contributed by atoms with Gasteiger partial charge in [-0.15, -0.1) is 23.7 Å². The number of nitrogens with two attached hydrogens (primary N) is 1. The Morgan fingerprint density at radius 2 is 2.36 bits per heavy atom. The zero-order valence-electron chi connectivity index (χ0n) is 5.66. The summed E-state index contributed by atoms with van der Waals surface area (Å²) in [7, 11) is 0. The Labute approximate surface area is 84.0 Å². The Balaban J connectivity index is 0.000001000. The lowest BCUT2D eigenvalue weighted by molar-refractivity contribution is 0.269. The summed E-state index contributed by atoms with van der Waals surface area (Å²) in [6.45, 7) is 0.00690. The molecule has 0 aliphatic heterocycles. The first-order valence-electron chi connectivity index (χ1n) is 2.84. The molecule has 1 aromatic heterocycles. The van der Waals surface area contributed by atoms with Crippen molar-refractivity contribution < 1.29 is 5.11 Å². The van der Waals surface area contributed by atoms with Crippen LogP contribution in [0.5, 0.6) is 0 Å². The number of aliphatic hydroxyl groups is 1. The summed E-state index contributed by atoms with van der Waals surface area (Å²) in [5, 5.41) is 10.6. The van der Waals surface area contributed by atoms with Crippen LogP contribution >= 0.6 is 39.7 Å². The van der Waals surface area contributed by atoms with Gasteiger partial charge in [0.05, 0.1) is 12.6 Å². The SMILES string of the molecule is Cl.NC(CO)c1cc(Br)cs1. The van der Waals surface area contributed by atoms with Gasteiger partial charge in [0.25, 0.3) is 0 Å². The van der Waals surface area contributed by atoms with Gasteiger partial charge >= 0.3 is 0 Å². The zero-order valence-corrected chi connectivity index (χ0v) is 8.88. The van der Waals surface area contributed by atoms with Gasteiger partial charge in [-0.3, -0.25) is 0 Å². The van der Waals surface area contributed by atoms with Crippen molar-refractivity contribution in [2.24, 2.45) is 5.73 Å². The third-order valence-electron chi connectivity index (χ3n) is 1.15. The number of halogens is 2. The molecule has 1 heterocycles. The van der Waals surface area contributed by atoms with Gasteiger partial charge in [0.2, 0.25) is 0 Å². The molecule has 0 saturated carbocycles.